The van der Waals surface area contributed by atoms with Gasteiger partial charge in [0.25, 0.3) is 0 Å². The summed E-state index contributed by atoms with van der Waals surface area (Å²) >= 11 is 3.22. The maximum absolute atomic E-state index is 12.3. The van der Waals surface area contributed by atoms with Crippen LogP contribution in [-0.2, 0) is 11.2 Å². The number of fused-ring (bicyclic) bond motifs is 1. The van der Waals surface area contributed by atoms with Crippen LogP contribution in [-0.4, -0.2) is 18.1 Å². The lowest BCUT2D eigenvalue weighted by Crippen LogP contribution is -2.15. The van der Waals surface area contributed by atoms with Crippen LogP contribution >= 0.6 is 15.9 Å². The number of nitrogens with zero attached hydrogens (tertiary/aromatic N) is 1. The summed E-state index contributed by atoms with van der Waals surface area (Å²) in [5.74, 6) is 0.498. The second-order valence-electron chi connectivity index (χ2n) is 5.62. The number of pyridine rings is 1. The van der Waals surface area contributed by atoms with Crippen LogP contribution in [0.2, 0.25) is 0 Å². The predicted octanol–water partition coefficient (Wildman–Crippen LogP) is 3.81. The van der Waals surface area contributed by atoms with E-state index in [1.54, 1.807) is 37.6 Å². The average molecular weight is 418 g/mol. The lowest BCUT2D eigenvalue weighted by atomic mass is 10.0. The molecule has 0 aliphatic heterocycles. The molecule has 7 heteroatoms. The third-order valence-corrected chi connectivity index (χ3v) is 4.62. The summed E-state index contributed by atoms with van der Waals surface area (Å²) in [6.07, 6.45) is 1.86. The molecular weight excluding hydrogens is 402 g/mol. The number of hydrogen-bond acceptors (Lipinski definition) is 6. The van der Waals surface area contributed by atoms with E-state index in [2.05, 4.69) is 20.9 Å². The highest BCUT2D eigenvalue weighted by atomic mass is 79.9. The highest BCUT2D eigenvalue weighted by Gasteiger charge is 2.15. The number of ether oxygens (including phenoxy) is 2. The number of halogens is 1. The van der Waals surface area contributed by atoms with Crippen molar-refractivity contribution in [3.8, 4) is 11.5 Å². The van der Waals surface area contributed by atoms with Gasteiger partial charge in [0.05, 0.1) is 13.5 Å². The minimum absolute atomic E-state index is 0.0502. The monoisotopic (exact) mass is 417 g/mol. The molecule has 0 saturated heterocycles. The van der Waals surface area contributed by atoms with Gasteiger partial charge in [0, 0.05) is 23.2 Å². The Morgan fingerprint density at radius 1 is 1.31 bits per heavy atom. The zero-order valence-corrected chi connectivity index (χ0v) is 15.8. The van der Waals surface area contributed by atoms with Gasteiger partial charge in [-0.25, -0.2) is 9.78 Å². The van der Waals surface area contributed by atoms with Gasteiger partial charge in [-0.3, -0.25) is 4.79 Å². The summed E-state index contributed by atoms with van der Waals surface area (Å²) in [5, 5.41) is 0.809. The fourth-order valence-electron chi connectivity index (χ4n) is 2.64. The van der Waals surface area contributed by atoms with Crippen LogP contribution in [0, 0.1) is 6.92 Å². The third-order valence-electron chi connectivity index (χ3n) is 4.02. The Hall–Kier alpha value is -2.67. The van der Waals surface area contributed by atoms with Crippen LogP contribution in [0.4, 0.5) is 0 Å². The van der Waals surface area contributed by atoms with Gasteiger partial charge in [-0.2, -0.15) is 0 Å². The van der Waals surface area contributed by atoms with Crippen molar-refractivity contribution in [1.29, 1.82) is 0 Å². The standard InChI is InChI=1S/C19H16BrNO5/c1-11-13-6-5-12(24-2)10-16(13)26-19(23)14(11)7-8-17(22)25-15-4-3-9-21-18(15)20/h3-6,9-10H,7-8H2,1-2H3. The number of carbonyl (C=O) groups excluding carboxylic acids is 1. The molecule has 1 aromatic carbocycles. The van der Waals surface area contributed by atoms with E-state index in [0.29, 0.717) is 27.2 Å². The Balaban J connectivity index is 1.79. The van der Waals surface area contributed by atoms with E-state index in [-0.39, 0.29) is 12.8 Å². The topological polar surface area (TPSA) is 78.6 Å². The van der Waals surface area contributed by atoms with Crippen molar-refractivity contribution in [3.63, 3.8) is 0 Å². The Labute approximate surface area is 157 Å². The number of carbonyl (C=O) groups is 1. The Bertz CT molecular complexity index is 1030. The van der Waals surface area contributed by atoms with Gasteiger partial charge in [-0.1, -0.05) is 0 Å². The fourth-order valence-corrected chi connectivity index (χ4v) is 2.97. The first-order valence-electron chi connectivity index (χ1n) is 7.91. The zero-order valence-electron chi connectivity index (χ0n) is 14.2. The summed E-state index contributed by atoms with van der Waals surface area (Å²) in [5.41, 5.74) is 1.25. The molecule has 134 valence electrons. The van der Waals surface area contributed by atoms with Crippen LogP contribution in [0.15, 0.2) is 50.3 Å². The SMILES string of the molecule is COc1ccc2c(C)c(CCC(=O)Oc3cccnc3Br)c(=O)oc2c1. The molecule has 3 rings (SSSR count). The van der Waals surface area contributed by atoms with Gasteiger partial charge >= 0.3 is 11.6 Å². The zero-order chi connectivity index (χ0) is 18.7. The van der Waals surface area contributed by atoms with Gasteiger partial charge in [-0.05, 0) is 59.1 Å². The number of esters is 1. The van der Waals surface area contributed by atoms with Crippen molar-refractivity contribution in [3.05, 3.63) is 62.7 Å². The molecule has 0 radical (unpaired) electrons. The number of methoxy groups -OCH3 is 1. The highest BCUT2D eigenvalue weighted by Crippen LogP contribution is 2.25. The first kappa shape index (κ1) is 18.1. The van der Waals surface area contributed by atoms with Crippen molar-refractivity contribution < 1.29 is 18.7 Å². The molecule has 3 aromatic rings. The van der Waals surface area contributed by atoms with E-state index in [1.807, 2.05) is 13.0 Å². The molecule has 0 spiro atoms. The van der Waals surface area contributed by atoms with Crippen molar-refractivity contribution in [1.82, 2.24) is 4.98 Å². The van der Waals surface area contributed by atoms with E-state index in [0.717, 1.165) is 10.9 Å². The Morgan fingerprint density at radius 3 is 2.85 bits per heavy atom. The minimum atomic E-state index is -0.460. The molecule has 0 atom stereocenters. The van der Waals surface area contributed by atoms with Crippen LogP contribution in [0.3, 0.4) is 0 Å². The smallest absolute Gasteiger partial charge is 0.339 e. The van der Waals surface area contributed by atoms with Gasteiger partial charge < -0.3 is 13.9 Å². The lowest BCUT2D eigenvalue weighted by Gasteiger charge is -2.09. The van der Waals surface area contributed by atoms with E-state index >= 15 is 0 Å². The van der Waals surface area contributed by atoms with E-state index in [1.165, 1.54) is 0 Å². The third kappa shape index (κ3) is 3.77. The molecular formula is C19H16BrNO5. The van der Waals surface area contributed by atoms with Crippen molar-refractivity contribution >= 4 is 32.9 Å². The molecule has 0 saturated carbocycles. The molecule has 2 aromatic heterocycles. The van der Waals surface area contributed by atoms with Crippen molar-refractivity contribution in [2.24, 2.45) is 0 Å². The summed E-state index contributed by atoms with van der Waals surface area (Å²) in [6, 6.07) is 8.61. The molecule has 26 heavy (non-hydrogen) atoms. The van der Waals surface area contributed by atoms with Gasteiger partial charge in [0.15, 0.2) is 5.75 Å². The van der Waals surface area contributed by atoms with E-state index in [4.69, 9.17) is 13.9 Å². The molecule has 0 amide bonds. The molecule has 6 nitrogen and oxygen atoms in total. The summed E-state index contributed by atoms with van der Waals surface area (Å²) in [4.78, 5) is 28.4. The summed E-state index contributed by atoms with van der Waals surface area (Å²) in [7, 11) is 1.55. The molecule has 0 unspecified atom stereocenters. The Morgan fingerprint density at radius 2 is 2.12 bits per heavy atom. The minimum Gasteiger partial charge on any atom is -0.497 e. The molecule has 2 heterocycles. The quantitative estimate of drug-likeness (QED) is 0.356. The van der Waals surface area contributed by atoms with Crippen LogP contribution in [0.5, 0.6) is 11.5 Å². The number of aromatic nitrogens is 1. The molecule has 0 N–H and O–H groups in total. The number of rotatable bonds is 5. The number of benzene rings is 1. The number of hydrogen-bond donors (Lipinski definition) is 0. The molecule has 0 aliphatic carbocycles. The normalized spacial score (nSPS) is 10.7. The van der Waals surface area contributed by atoms with Gasteiger partial charge in [0.1, 0.15) is 15.9 Å². The van der Waals surface area contributed by atoms with Crippen molar-refractivity contribution in [2.75, 3.05) is 7.11 Å². The molecule has 0 fully saturated rings. The van der Waals surface area contributed by atoms with Crippen LogP contribution in [0.1, 0.15) is 17.5 Å². The highest BCUT2D eigenvalue weighted by molar-refractivity contribution is 9.10. The van der Waals surface area contributed by atoms with Crippen LogP contribution in [0.25, 0.3) is 11.0 Å². The second-order valence-corrected chi connectivity index (χ2v) is 6.37. The average Bonchev–Trinajstić information content (AvgIpc) is 2.63. The molecule has 0 bridgehead atoms. The second kappa shape index (κ2) is 7.70. The first-order valence-corrected chi connectivity index (χ1v) is 8.70. The Kier molecular flexibility index (Phi) is 5.37. The number of aryl methyl sites for hydroxylation is 1. The van der Waals surface area contributed by atoms with Gasteiger partial charge in [0.2, 0.25) is 0 Å². The first-order chi connectivity index (χ1) is 12.5. The predicted molar refractivity (Wildman–Crippen MR) is 99.7 cm³/mol. The van der Waals surface area contributed by atoms with E-state index < -0.39 is 11.6 Å². The fraction of sp³-hybridized carbons (Fsp3) is 0.211. The lowest BCUT2D eigenvalue weighted by molar-refractivity contribution is -0.134. The van der Waals surface area contributed by atoms with Crippen molar-refractivity contribution in [2.45, 2.75) is 19.8 Å². The maximum Gasteiger partial charge on any atom is 0.339 e. The van der Waals surface area contributed by atoms with Crippen LogP contribution < -0.4 is 15.1 Å². The molecule has 0 aliphatic rings. The van der Waals surface area contributed by atoms with E-state index in [9.17, 15) is 9.59 Å². The maximum atomic E-state index is 12.3. The summed E-state index contributed by atoms with van der Waals surface area (Å²) in [6.45, 7) is 1.84. The van der Waals surface area contributed by atoms with Gasteiger partial charge in [-0.15, -0.1) is 0 Å². The largest absolute Gasteiger partial charge is 0.497 e. The summed E-state index contributed by atoms with van der Waals surface area (Å²) < 4.78 is 16.2.